The molecule has 1 aromatic carbocycles. The summed E-state index contributed by atoms with van der Waals surface area (Å²) < 4.78 is 29.8. The monoisotopic (exact) mass is 207 g/mol. The van der Waals surface area contributed by atoms with Crippen molar-refractivity contribution in [1.29, 1.82) is 0 Å². The van der Waals surface area contributed by atoms with Gasteiger partial charge < -0.3 is 5.73 Å². The second kappa shape index (κ2) is 2.93. The fourth-order valence-corrected chi connectivity index (χ4v) is 1.75. The molecule has 0 aliphatic carbocycles. The molecule has 0 aromatic heterocycles. The predicted octanol–water partition coefficient (Wildman–Crippen LogP) is 1.17. The highest BCUT2D eigenvalue weighted by Crippen LogP contribution is 2.22. The highest BCUT2D eigenvalue weighted by Gasteiger charge is 2.13. The molecule has 0 saturated heterocycles. The molecule has 0 aliphatic rings. The molecule has 0 saturated carbocycles. The zero-order valence-electron chi connectivity index (χ0n) is 5.86. The lowest BCUT2D eigenvalue weighted by molar-refractivity contribution is 0.483. The summed E-state index contributed by atoms with van der Waals surface area (Å²) in [7, 11) is -4.24. The number of anilines is 1. The molecule has 66 valence electrons. The smallest absolute Gasteiger partial charge is 0.296 e. The molecule has 6 heteroatoms. The summed E-state index contributed by atoms with van der Waals surface area (Å²) in [6.45, 7) is 0. The van der Waals surface area contributed by atoms with Crippen LogP contribution in [0.5, 0.6) is 0 Å². The van der Waals surface area contributed by atoms with E-state index in [1.165, 1.54) is 12.1 Å². The van der Waals surface area contributed by atoms with Crippen molar-refractivity contribution in [3.05, 3.63) is 23.2 Å². The molecule has 0 unspecified atom stereocenters. The Balaban J connectivity index is 3.39. The Morgan fingerprint density at radius 2 is 2.00 bits per heavy atom. The van der Waals surface area contributed by atoms with E-state index in [0.717, 1.165) is 6.07 Å². The maximum absolute atomic E-state index is 10.6. The van der Waals surface area contributed by atoms with Gasteiger partial charge in [0, 0.05) is 5.69 Å². The van der Waals surface area contributed by atoms with E-state index < -0.39 is 10.1 Å². The van der Waals surface area contributed by atoms with E-state index >= 15 is 0 Å². The Morgan fingerprint density at radius 1 is 1.42 bits per heavy atom. The molecule has 0 heterocycles. The molecule has 0 radical (unpaired) electrons. The lowest BCUT2D eigenvalue weighted by Gasteiger charge is -2.00. The molecule has 0 bridgehead atoms. The van der Waals surface area contributed by atoms with E-state index in [4.69, 9.17) is 21.9 Å². The third-order valence-electron chi connectivity index (χ3n) is 1.23. The van der Waals surface area contributed by atoms with Gasteiger partial charge in [0.15, 0.2) is 0 Å². The van der Waals surface area contributed by atoms with Gasteiger partial charge in [-0.3, -0.25) is 4.55 Å². The molecule has 0 atom stereocenters. The minimum absolute atomic E-state index is 0.0856. The Bertz CT molecular complexity index is 401. The summed E-state index contributed by atoms with van der Waals surface area (Å²) in [5, 5.41) is -0.0856. The number of halogens is 1. The van der Waals surface area contributed by atoms with Gasteiger partial charge in [-0.1, -0.05) is 11.6 Å². The topological polar surface area (TPSA) is 80.4 Å². The van der Waals surface area contributed by atoms with Crippen LogP contribution in [0.1, 0.15) is 0 Å². The number of nitrogens with two attached hydrogens (primary N) is 1. The van der Waals surface area contributed by atoms with Crippen LogP contribution in [-0.4, -0.2) is 13.0 Å². The van der Waals surface area contributed by atoms with Crippen molar-refractivity contribution >= 4 is 27.4 Å². The zero-order chi connectivity index (χ0) is 9.35. The normalized spacial score (nSPS) is 11.5. The third kappa shape index (κ3) is 1.88. The summed E-state index contributed by atoms with van der Waals surface area (Å²) >= 11 is 5.49. The molecule has 4 nitrogen and oxygen atoms in total. The molecular formula is C6H6ClNO3S. The van der Waals surface area contributed by atoms with Gasteiger partial charge in [-0.2, -0.15) is 8.42 Å². The summed E-state index contributed by atoms with van der Waals surface area (Å²) in [6, 6.07) is 3.74. The van der Waals surface area contributed by atoms with Gasteiger partial charge in [-0.05, 0) is 18.2 Å². The SMILES string of the molecule is Nc1ccc(S(=O)(=O)O)c(Cl)c1. The molecule has 0 fully saturated rings. The van der Waals surface area contributed by atoms with Gasteiger partial charge in [0.25, 0.3) is 10.1 Å². The minimum Gasteiger partial charge on any atom is -0.399 e. The lowest BCUT2D eigenvalue weighted by atomic mass is 10.3. The lowest BCUT2D eigenvalue weighted by Crippen LogP contribution is -1.99. The van der Waals surface area contributed by atoms with Crippen molar-refractivity contribution in [2.45, 2.75) is 4.90 Å². The van der Waals surface area contributed by atoms with Crippen LogP contribution < -0.4 is 5.73 Å². The first-order chi connectivity index (χ1) is 5.41. The number of rotatable bonds is 1. The van der Waals surface area contributed by atoms with Gasteiger partial charge in [0.2, 0.25) is 0 Å². The highest BCUT2D eigenvalue weighted by molar-refractivity contribution is 7.86. The zero-order valence-corrected chi connectivity index (χ0v) is 7.43. The molecule has 12 heavy (non-hydrogen) atoms. The first-order valence-corrected chi connectivity index (χ1v) is 4.75. The van der Waals surface area contributed by atoms with Crippen LogP contribution >= 0.6 is 11.6 Å². The van der Waals surface area contributed by atoms with Crippen molar-refractivity contribution < 1.29 is 13.0 Å². The number of nitrogen functional groups attached to an aromatic ring is 1. The van der Waals surface area contributed by atoms with Crippen LogP contribution in [-0.2, 0) is 10.1 Å². The second-order valence-electron chi connectivity index (χ2n) is 2.16. The summed E-state index contributed by atoms with van der Waals surface area (Å²) in [4.78, 5) is -0.335. The van der Waals surface area contributed by atoms with Crippen molar-refractivity contribution in [2.75, 3.05) is 5.73 Å². The number of hydrogen-bond acceptors (Lipinski definition) is 3. The van der Waals surface area contributed by atoms with Crippen molar-refractivity contribution in [2.24, 2.45) is 0 Å². The first kappa shape index (κ1) is 9.31. The fourth-order valence-electron chi connectivity index (χ4n) is 0.726. The van der Waals surface area contributed by atoms with E-state index in [0.29, 0.717) is 5.69 Å². The first-order valence-electron chi connectivity index (χ1n) is 2.94. The van der Waals surface area contributed by atoms with Crippen LogP contribution in [0.2, 0.25) is 5.02 Å². The number of benzene rings is 1. The van der Waals surface area contributed by atoms with Gasteiger partial charge >= 0.3 is 0 Å². The van der Waals surface area contributed by atoms with E-state index in [9.17, 15) is 8.42 Å². The molecule has 0 spiro atoms. The largest absolute Gasteiger partial charge is 0.399 e. The highest BCUT2D eigenvalue weighted by atomic mass is 35.5. The van der Waals surface area contributed by atoms with E-state index in [1.807, 2.05) is 0 Å². The van der Waals surface area contributed by atoms with Crippen LogP contribution in [0.25, 0.3) is 0 Å². The average molecular weight is 208 g/mol. The van der Waals surface area contributed by atoms with Crippen LogP contribution in [0.4, 0.5) is 5.69 Å². The Labute approximate surface area is 74.7 Å². The van der Waals surface area contributed by atoms with Crippen molar-refractivity contribution in [3.63, 3.8) is 0 Å². The van der Waals surface area contributed by atoms with Gasteiger partial charge in [0.05, 0.1) is 5.02 Å². The molecule has 1 rings (SSSR count). The third-order valence-corrected chi connectivity index (χ3v) is 2.57. The Morgan fingerprint density at radius 3 is 2.42 bits per heavy atom. The van der Waals surface area contributed by atoms with Crippen LogP contribution in [0.15, 0.2) is 23.1 Å². The quantitative estimate of drug-likeness (QED) is 0.535. The predicted molar refractivity (Wildman–Crippen MR) is 45.7 cm³/mol. The van der Waals surface area contributed by atoms with Crippen LogP contribution in [0, 0.1) is 0 Å². The maximum Gasteiger partial charge on any atom is 0.296 e. The Hall–Kier alpha value is -0.780. The van der Waals surface area contributed by atoms with Crippen LogP contribution in [0.3, 0.4) is 0 Å². The van der Waals surface area contributed by atoms with E-state index in [-0.39, 0.29) is 9.92 Å². The number of hydrogen-bond donors (Lipinski definition) is 2. The van der Waals surface area contributed by atoms with Gasteiger partial charge in [0.1, 0.15) is 4.90 Å². The second-order valence-corrected chi connectivity index (χ2v) is 3.96. The van der Waals surface area contributed by atoms with Crippen molar-refractivity contribution in [3.8, 4) is 0 Å². The Kier molecular flexibility index (Phi) is 2.27. The van der Waals surface area contributed by atoms with E-state index in [1.54, 1.807) is 0 Å². The molecule has 3 N–H and O–H groups in total. The summed E-state index contributed by atoms with van der Waals surface area (Å²) in [5.41, 5.74) is 5.65. The standard InChI is InChI=1S/C6H6ClNO3S/c7-5-3-4(8)1-2-6(5)12(9,10)11/h1-3H,8H2,(H,9,10,11). The summed E-state index contributed by atoms with van der Waals surface area (Å²) in [5.74, 6) is 0. The van der Waals surface area contributed by atoms with Crippen molar-refractivity contribution in [1.82, 2.24) is 0 Å². The van der Waals surface area contributed by atoms with Gasteiger partial charge in [-0.25, -0.2) is 0 Å². The minimum atomic E-state index is -4.24. The van der Waals surface area contributed by atoms with Gasteiger partial charge in [-0.15, -0.1) is 0 Å². The molecular weight excluding hydrogens is 202 g/mol. The summed E-state index contributed by atoms with van der Waals surface area (Å²) in [6.07, 6.45) is 0. The fraction of sp³-hybridized carbons (Fsp3) is 0. The molecule has 1 aromatic rings. The molecule has 0 aliphatic heterocycles. The average Bonchev–Trinajstić information content (AvgIpc) is 1.83. The maximum atomic E-state index is 10.6. The van der Waals surface area contributed by atoms with E-state index in [2.05, 4.69) is 0 Å². The molecule has 0 amide bonds.